The Balaban J connectivity index is 1.54. The van der Waals surface area contributed by atoms with Gasteiger partial charge in [-0.15, -0.1) is 0 Å². The van der Waals surface area contributed by atoms with E-state index >= 15 is 0 Å². The fourth-order valence-electron chi connectivity index (χ4n) is 4.04. The molecule has 37 heavy (non-hydrogen) atoms. The minimum Gasteiger partial charge on any atom is -0.488 e. The molecule has 1 N–H and O–H groups in total. The van der Waals surface area contributed by atoms with Crippen molar-refractivity contribution in [2.45, 2.75) is 6.61 Å². The number of carbonyl (C=O) groups excluding carboxylic acids is 2. The van der Waals surface area contributed by atoms with Gasteiger partial charge in [0.05, 0.1) is 10.6 Å². The first-order chi connectivity index (χ1) is 17.9. The number of nitrogens with one attached hydrogen (secondary N) is 1. The molecule has 182 valence electrons. The predicted octanol–water partition coefficient (Wildman–Crippen LogP) is 5.16. The minimum atomic E-state index is -0.601. The number of anilines is 1. The molecule has 0 radical (unpaired) electrons. The van der Waals surface area contributed by atoms with Crippen LogP contribution < -0.4 is 15.0 Å². The SMILES string of the molecule is O=C1NC(=S)N(c2ccccc2)C(=O)/C1=C\c1c(OCc2ccc([N+](=O)[O-])cc2)ccc2ccccc12. The van der Waals surface area contributed by atoms with E-state index in [9.17, 15) is 19.7 Å². The van der Waals surface area contributed by atoms with E-state index in [0.29, 0.717) is 17.0 Å². The smallest absolute Gasteiger partial charge is 0.270 e. The summed E-state index contributed by atoms with van der Waals surface area (Å²) in [6.07, 6.45) is 1.52. The maximum atomic E-state index is 13.5. The van der Waals surface area contributed by atoms with Gasteiger partial charge in [0.1, 0.15) is 17.9 Å². The number of amides is 2. The lowest BCUT2D eigenvalue weighted by molar-refractivity contribution is -0.384. The van der Waals surface area contributed by atoms with Gasteiger partial charge in [-0.2, -0.15) is 0 Å². The fraction of sp³-hybridized carbons (Fsp3) is 0.0357. The molecule has 9 heteroatoms. The van der Waals surface area contributed by atoms with Crippen molar-refractivity contribution in [3.8, 4) is 5.75 Å². The van der Waals surface area contributed by atoms with Crippen molar-refractivity contribution in [1.82, 2.24) is 5.32 Å². The number of para-hydroxylation sites is 1. The molecule has 1 aliphatic heterocycles. The topological polar surface area (TPSA) is 102 Å². The Morgan fingerprint density at radius 1 is 0.919 bits per heavy atom. The van der Waals surface area contributed by atoms with Crippen molar-refractivity contribution in [3.63, 3.8) is 0 Å². The molecule has 0 aliphatic carbocycles. The Hall–Kier alpha value is -4.89. The average Bonchev–Trinajstić information content (AvgIpc) is 2.91. The molecule has 2 amide bonds. The number of non-ortho nitro benzene ring substituents is 1. The van der Waals surface area contributed by atoms with Crippen molar-refractivity contribution in [2.24, 2.45) is 0 Å². The summed E-state index contributed by atoms with van der Waals surface area (Å²) in [5.74, 6) is -0.699. The van der Waals surface area contributed by atoms with Crippen molar-refractivity contribution in [3.05, 3.63) is 118 Å². The molecular formula is C28H19N3O5S. The van der Waals surface area contributed by atoms with Crippen LogP contribution in [-0.2, 0) is 16.2 Å². The zero-order chi connectivity index (χ0) is 25.9. The number of nitrogens with zero attached hydrogens (tertiary/aromatic N) is 2. The first kappa shape index (κ1) is 23.8. The number of fused-ring (bicyclic) bond motifs is 1. The Bertz CT molecular complexity index is 1580. The number of hydrogen-bond donors (Lipinski definition) is 1. The number of carbonyl (C=O) groups is 2. The number of nitro benzene ring substituents is 1. The highest BCUT2D eigenvalue weighted by molar-refractivity contribution is 7.80. The summed E-state index contributed by atoms with van der Waals surface area (Å²) in [7, 11) is 0. The average molecular weight is 510 g/mol. The third kappa shape index (κ3) is 4.80. The molecular weight excluding hydrogens is 490 g/mol. The maximum absolute atomic E-state index is 13.5. The molecule has 1 saturated heterocycles. The zero-order valence-electron chi connectivity index (χ0n) is 19.3. The summed E-state index contributed by atoms with van der Waals surface area (Å²) in [5, 5.41) is 15.2. The van der Waals surface area contributed by atoms with E-state index in [1.54, 1.807) is 42.5 Å². The van der Waals surface area contributed by atoms with Gasteiger partial charge in [0.25, 0.3) is 17.5 Å². The zero-order valence-corrected chi connectivity index (χ0v) is 20.1. The van der Waals surface area contributed by atoms with Gasteiger partial charge in [-0.1, -0.05) is 48.5 Å². The van der Waals surface area contributed by atoms with Gasteiger partial charge < -0.3 is 4.74 Å². The maximum Gasteiger partial charge on any atom is 0.270 e. The lowest BCUT2D eigenvalue weighted by Gasteiger charge is -2.29. The Kier molecular flexibility index (Phi) is 6.44. The molecule has 4 aromatic rings. The number of rotatable bonds is 6. The van der Waals surface area contributed by atoms with E-state index in [4.69, 9.17) is 17.0 Å². The first-order valence-corrected chi connectivity index (χ1v) is 11.7. The van der Waals surface area contributed by atoms with Crippen molar-refractivity contribution < 1.29 is 19.2 Å². The summed E-state index contributed by atoms with van der Waals surface area (Å²) in [5.41, 5.74) is 1.72. The van der Waals surface area contributed by atoms with Crippen molar-refractivity contribution >= 4 is 57.4 Å². The molecule has 1 aliphatic rings. The lowest BCUT2D eigenvalue weighted by Crippen LogP contribution is -2.54. The molecule has 1 fully saturated rings. The number of hydrogen-bond acceptors (Lipinski definition) is 6. The van der Waals surface area contributed by atoms with Crippen LogP contribution >= 0.6 is 12.2 Å². The quantitative estimate of drug-likeness (QED) is 0.127. The van der Waals surface area contributed by atoms with Gasteiger partial charge in [-0.05, 0) is 65.0 Å². The van der Waals surface area contributed by atoms with E-state index in [-0.39, 0.29) is 23.0 Å². The second-order valence-electron chi connectivity index (χ2n) is 8.20. The second-order valence-corrected chi connectivity index (χ2v) is 8.59. The summed E-state index contributed by atoms with van der Waals surface area (Å²) >= 11 is 5.28. The Labute approximate surface area is 216 Å². The number of thiocarbonyl (C=S) groups is 1. The highest BCUT2D eigenvalue weighted by atomic mass is 32.1. The number of benzene rings is 4. The molecule has 0 unspecified atom stereocenters. The standard InChI is InChI=1S/C28H19N3O5S/c32-26-24(27(33)30(28(37)29-26)20-7-2-1-3-8-20)16-23-22-9-5-4-6-19(22)12-15-25(23)36-17-18-10-13-21(14-11-18)31(34)35/h1-16H,17H2,(H,29,32,37)/b24-16-. The van der Waals surface area contributed by atoms with Crippen LogP contribution in [0.25, 0.3) is 16.8 Å². The van der Waals surface area contributed by atoms with Crippen molar-refractivity contribution in [1.29, 1.82) is 0 Å². The number of nitro groups is 1. The van der Waals surface area contributed by atoms with Gasteiger partial charge in [-0.25, -0.2) is 0 Å². The molecule has 5 rings (SSSR count). The van der Waals surface area contributed by atoms with Gasteiger partial charge >= 0.3 is 0 Å². The summed E-state index contributed by atoms with van der Waals surface area (Å²) in [6, 6.07) is 26.1. The minimum absolute atomic E-state index is 0.00548. The highest BCUT2D eigenvalue weighted by Crippen LogP contribution is 2.32. The van der Waals surface area contributed by atoms with Crippen LogP contribution in [0, 0.1) is 10.1 Å². The van der Waals surface area contributed by atoms with Gasteiger partial charge in [0.15, 0.2) is 5.11 Å². The predicted molar refractivity (Wildman–Crippen MR) is 144 cm³/mol. The van der Waals surface area contributed by atoms with E-state index < -0.39 is 16.7 Å². The largest absolute Gasteiger partial charge is 0.488 e. The molecule has 4 aromatic carbocycles. The van der Waals surface area contributed by atoms with E-state index in [2.05, 4.69) is 5.32 Å². The molecule has 8 nitrogen and oxygen atoms in total. The third-order valence-electron chi connectivity index (χ3n) is 5.88. The normalized spacial score (nSPS) is 14.6. The Morgan fingerprint density at radius 3 is 2.35 bits per heavy atom. The van der Waals surface area contributed by atoms with Gasteiger partial charge in [-0.3, -0.25) is 29.9 Å². The molecule has 0 bridgehead atoms. The van der Waals surface area contributed by atoms with E-state index in [1.807, 2.05) is 36.4 Å². The van der Waals surface area contributed by atoms with Gasteiger partial charge in [0.2, 0.25) is 0 Å². The van der Waals surface area contributed by atoms with Crippen LogP contribution in [0.2, 0.25) is 0 Å². The molecule has 0 atom stereocenters. The number of ether oxygens (including phenoxy) is 1. The Morgan fingerprint density at radius 2 is 1.62 bits per heavy atom. The van der Waals surface area contributed by atoms with E-state index in [1.165, 1.54) is 23.1 Å². The van der Waals surface area contributed by atoms with Crippen LogP contribution in [0.5, 0.6) is 5.75 Å². The molecule has 0 aromatic heterocycles. The van der Waals surface area contributed by atoms with Gasteiger partial charge in [0, 0.05) is 17.7 Å². The van der Waals surface area contributed by atoms with Crippen molar-refractivity contribution in [2.75, 3.05) is 4.90 Å². The van der Waals surface area contributed by atoms with Crippen LogP contribution in [0.15, 0.2) is 96.6 Å². The lowest BCUT2D eigenvalue weighted by atomic mass is 9.99. The summed E-state index contributed by atoms with van der Waals surface area (Å²) in [6.45, 7) is 0.132. The highest BCUT2D eigenvalue weighted by Gasteiger charge is 2.34. The van der Waals surface area contributed by atoms with Crippen LogP contribution in [0.4, 0.5) is 11.4 Å². The van der Waals surface area contributed by atoms with E-state index in [0.717, 1.165) is 16.3 Å². The summed E-state index contributed by atoms with van der Waals surface area (Å²) < 4.78 is 6.08. The second kappa shape index (κ2) is 10.00. The first-order valence-electron chi connectivity index (χ1n) is 11.3. The molecule has 0 saturated carbocycles. The monoisotopic (exact) mass is 509 g/mol. The van der Waals surface area contributed by atoms with Crippen LogP contribution in [0.1, 0.15) is 11.1 Å². The third-order valence-corrected chi connectivity index (χ3v) is 6.16. The summed E-state index contributed by atoms with van der Waals surface area (Å²) in [4.78, 5) is 38.1. The molecule has 0 spiro atoms. The molecule has 1 heterocycles. The van der Waals surface area contributed by atoms with Crippen LogP contribution in [-0.4, -0.2) is 21.9 Å². The van der Waals surface area contributed by atoms with Crippen LogP contribution in [0.3, 0.4) is 0 Å². The fourth-order valence-corrected chi connectivity index (χ4v) is 4.32.